The SMILES string of the molecule is CC(C)CCCn1c(N)nc2c(C#N)cccc21. The number of hydrogen-bond acceptors (Lipinski definition) is 3. The molecule has 4 heteroatoms. The van der Waals surface area contributed by atoms with E-state index in [0.717, 1.165) is 24.9 Å². The molecule has 2 rings (SSSR count). The number of imidazole rings is 1. The highest BCUT2D eigenvalue weighted by atomic mass is 15.1. The van der Waals surface area contributed by atoms with Gasteiger partial charge in [-0.25, -0.2) is 4.98 Å². The second-order valence-corrected chi connectivity index (χ2v) is 4.94. The van der Waals surface area contributed by atoms with Gasteiger partial charge in [0, 0.05) is 6.54 Å². The zero-order valence-electron chi connectivity index (χ0n) is 10.8. The molecule has 0 unspecified atom stereocenters. The summed E-state index contributed by atoms with van der Waals surface area (Å²) in [7, 11) is 0. The minimum atomic E-state index is 0.497. The minimum Gasteiger partial charge on any atom is -0.369 e. The van der Waals surface area contributed by atoms with Crippen LogP contribution in [-0.2, 0) is 6.54 Å². The quantitative estimate of drug-likeness (QED) is 0.896. The van der Waals surface area contributed by atoms with Gasteiger partial charge in [-0.1, -0.05) is 19.9 Å². The minimum absolute atomic E-state index is 0.497. The number of nitriles is 1. The van der Waals surface area contributed by atoms with E-state index in [2.05, 4.69) is 24.9 Å². The van der Waals surface area contributed by atoms with Crippen molar-refractivity contribution in [2.45, 2.75) is 33.2 Å². The van der Waals surface area contributed by atoms with Crippen LogP contribution < -0.4 is 5.73 Å². The van der Waals surface area contributed by atoms with Crippen LogP contribution in [0.2, 0.25) is 0 Å². The van der Waals surface area contributed by atoms with Gasteiger partial charge in [0.05, 0.1) is 11.1 Å². The molecule has 94 valence electrons. The van der Waals surface area contributed by atoms with E-state index in [1.54, 1.807) is 6.07 Å². The van der Waals surface area contributed by atoms with Crippen LogP contribution >= 0.6 is 0 Å². The van der Waals surface area contributed by atoms with Gasteiger partial charge in [0.15, 0.2) is 0 Å². The summed E-state index contributed by atoms with van der Waals surface area (Å²) in [6.45, 7) is 5.28. The number of fused-ring (bicyclic) bond motifs is 1. The largest absolute Gasteiger partial charge is 0.369 e. The molecule has 4 nitrogen and oxygen atoms in total. The molecule has 0 saturated carbocycles. The number of rotatable bonds is 4. The van der Waals surface area contributed by atoms with Crippen molar-refractivity contribution < 1.29 is 0 Å². The van der Waals surface area contributed by atoms with Gasteiger partial charge in [0.1, 0.15) is 11.6 Å². The Labute approximate surface area is 107 Å². The third-order valence-corrected chi connectivity index (χ3v) is 3.09. The van der Waals surface area contributed by atoms with Crippen LogP contribution in [0.1, 0.15) is 32.3 Å². The predicted octanol–water partition coefficient (Wildman–Crippen LogP) is 2.93. The molecule has 0 bridgehead atoms. The Kier molecular flexibility index (Phi) is 3.52. The van der Waals surface area contributed by atoms with Gasteiger partial charge in [0.25, 0.3) is 0 Å². The topological polar surface area (TPSA) is 67.6 Å². The molecule has 2 aromatic rings. The molecule has 0 aliphatic rings. The lowest BCUT2D eigenvalue weighted by Crippen LogP contribution is -2.04. The Bertz CT molecular complexity index is 590. The molecule has 0 spiro atoms. The van der Waals surface area contributed by atoms with Crippen molar-refractivity contribution >= 4 is 17.0 Å². The Morgan fingerprint density at radius 2 is 2.22 bits per heavy atom. The second kappa shape index (κ2) is 5.09. The first-order valence-corrected chi connectivity index (χ1v) is 6.28. The van der Waals surface area contributed by atoms with E-state index in [9.17, 15) is 0 Å². The van der Waals surface area contributed by atoms with Crippen LogP contribution in [0.4, 0.5) is 5.95 Å². The average Bonchev–Trinajstić information content (AvgIpc) is 2.65. The number of nitrogen functional groups attached to an aromatic ring is 1. The zero-order valence-corrected chi connectivity index (χ0v) is 10.8. The summed E-state index contributed by atoms with van der Waals surface area (Å²) in [5, 5.41) is 9.04. The summed E-state index contributed by atoms with van der Waals surface area (Å²) < 4.78 is 2.00. The van der Waals surface area contributed by atoms with Crippen molar-refractivity contribution in [3.05, 3.63) is 23.8 Å². The number of nitrogens with two attached hydrogens (primary N) is 1. The van der Waals surface area contributed by atoms with Crippen molar-refractivity contribution in [3.63, 3.8) is 0 Å². The lowest BCUT2D eigenvalue weighted by Gasteiger charge is -2.08. The Morgan fingerprint density at radius 1 is 1.44 bits per heavy atom. The fraction of sp³-hybridized carbons (Fsp3) is 0.429. The van der Waals surface area contributed by atoms with E-state index < -0.39 is 0 Å². The Morgan fingerprint density at radius 3 is 2.89 bits per heavy atom. The number of nitrogens with zero attached hydrogens (tertiary/aromatic N) is 3. The smallest absolute Gasteiger partial charge is 0.201 e. The van der Waals surface area contributed by atoms with Gasteiger partial charge >= 0.3 is 0 Å². The van der Waals surface area contributed by atoms with Crippen LogP contribution in [0.3, 0.4) is 0 Å². The molecule has 0 fully saturated rings. The van der Waals surface area contributed by atoms with Crippen molar-refractivity contribution in [1.82, 2.24) is 9.55 Å². The number of benzene rings is 1. The van der Waals surface area contributed by atoms with Crippen molar-refractivity contribution in [1.29, 1.82) is 5.26 Å². The maximum atomic E-state index is 9.04. The molecule has 0 saturated heterocycles. The summed E-state index contributed by atoms with van der Waals surface area (Å²) in [6.07, 6.45) is 2.24. The van der Waals surface area contributed by atoms with E-state index in [1.807, 2.05) is 16.7 Å². The molecule has 1 heterocycles. The fourth-order valence-corrected chi connectivity index (χ4v) is 2.15. The van der Waals surface area contributed by atoms with Gasteiger partial charge in [-0.15, -0.1) is 0 Å². The lowest BCUT2D eigenvalue weighted by molar-refractivity contribution is 0.519. The molecular weight excluding hydrogens is 224 g/mol. The highest BCUT2D eigenvalue weighted by Crippen LogP contribution is 2.22. The normalized spacial score (nSPS) is 11.0. The third-order valence-electron chi connectivity index (χ3n) is 3.09. The maximum Gasteiger partial charge on any atom is 0.201 e. The van der Waals surface area contributed by atoms with E-state index in [4.69, 9.17) is 11.0 Å². The van der Waals surface area contributed by atoms with Gasteiger partial charge < -0.3 is 10.3 Å². The number of hydrogen-bond donors (Lipinski definition) is 1. The second-order valence-electron chi connectivity index (χ2n) is 4.94. The molecule has 1 aromatic carbocycles. The number of para-hydroxylation sites is 1. The van der Waals surface area contributed by atoms with Gasteiger partial charge in [-0.3, -0.25) is 0 Å². The van der Waals surface area contributed by atoms with Crippen molar-refractivity contribution in [3.8, 4) is 6.07 Å². The molecule has 0 radical (unpaired) electrons. The van der Waals surface area contributed by atoms with Gasteiger partial charge in [-0.2, -0.15) is 5.26 Å². The average molecular weight is 242 g/mol. The molecule has 0 amide bonds. The van der Waals surface area contributed by atoms with Crippen molar-refractivity contribution in [2.24, 2.45) is 5.92 Å². The first kappa shape index (κ1) is 12.4. The summed E-state index contributed by atoms with van der Waals surface area (Å²) in [4.78, 5) is 4.30. The monoisotopic (exact) mass is 242 g/mol. The van der Waals surface area contributed by atoms with Crippen LogP contribution in [-0.4, -0.2) is 9.55 Å². The van der Waals surface area contributed by atoms with Crippen LogP contribution in [0.25, 0.3) is 11.0 Å². The van der Waals surface area contributed by atoms with Crippen LogP contribution in [0.5, 0.6) is 0 Å². The summed E-state index contributed by atoms with van der Waals surface area (Å²) in [5.41, 5.74) is 8.19. The Hall–Kier alpha value is -2.02. The molecule has 2 N–H and O–H groups in total. The number of anilines is 1. The zero-order chi connectivity index (χ0) is 13.1. The first-order valence-electron chi connectivity index (χ1n) is 6.28. The van der Waals surface area contributed by atoms with Gasteiger partial charge in [0.2, 0.25) is 5.95 Å². The molecule has 0 aliphatic carbocycles. The standard InChI is InChI=1S/C14H18N4/c1-10(2)5-4-8-18-12-7-3-6-11(9-15)13(12)17-14(18)16/h3,6-7,10H,4-5,8H2,1-2H3,(H2,16,17). The number of aromatic nitrogens is 2. The fourth-order valence-electron chi connectivity index (χ4n) is 2.15. The third kappa shape index (κ3) is 2.30. The lowest BCUT2D eigenvalue weighted by atomic mass is 10.1. The van der Waals surface area contributed by atoms with Crippen LogP contribution in [0.15, 0.2) is 18.2 Å². The molecule has 18 heavy (non-hydrogen) atoms. The molecule has 0 aliphatic heterocycles. The summed E-state index contributed by atoms with van der Waals surface area (Å²) >= 11 is 0. The summed E-state index contributed by atoms with van der Waals surface area (Å²) in [6, 6.07) is 7.77. The highest BCUT2D eigenvalue weighted by molar-refractivity contribution is 5.83. The number of aryl methyl sites for hydroxylation is 1. The van der Waals surface area contributed by atoms with E-state index >= 15 is 0 Å². The first-order chi connectivity index (χ1) is 8.63. The molecule has 1 aromatic heterocycles. The van der Waals surface area contributed by atoms with E-state index in [0.29, 0.717) is 22.9 Å². The van der Waals surface area contributed by atoms with Gasteiger partial charge in [-0.05, 0) is 30.9 Å². The predicted molar refractivity (Wildman–Crippen MR) is 72.9 cm³/mol. The molecule has 0 atom stereocenters. The maximum absolute atomic E-state index is 9.04. The van der Waals surface area contributed by atoms with Crippen molar-refractivity contribution in [2.75, 3.05) is 5.73 Å². The Balaban J connectivity index is 2.33. The van der Waals surface area contributed by atoms with E-state index in [1.165, 1.54) is 0 Å². The highest BCUT2D eigenvalue weighted by Gasteiger charge is 2.10. The summed E-state index contributed by atoms with van der Waals surface area (Å²) in [5.74, 6) is 1.19. The molecular formula is C14H18N4. The van der Waals surface area contributed by atoms with E-state index in [-0.39, 0.29) is 0 Å². The van der Waals surface area contributed by atoms with Crippen LogP contribution in [0, 0.1) is 17.2 Å².